The summed E-state index contributed by atoms with van der Waals surface area (Å²) in [6, 6.07) is 7.90. The van der Waals surface area contributed by atoms with Crippen molar-refractivity contribution in [3.05, 3.63) is 29.8 Å². The minimum atomic E-state index is 0.127. The van der Waals surface area contributed by atoms with Gasteiger partial charge in [-0.05, 0) is 39.4 Å². The van der Waals surface area contributed by atoms with E-state index in [0.29, 0.717) is 0 Å². The lowest BCUT2D eigenvalue weighted by atomic mass is 10.0. The van der Waals surface area contributed by atoms with Gasteiger partial charge in [0.05, 0.1) is 0 Å². The van der Waals surface area contributed by atoms with E-state index in [1.807, 2.05) is 25.2 Å². The summed E-state index contributed by atoms with van der Waals surface area (Å²) in [5, 5.41) is 3.37. The molecular formula is C14H20N2O. The highest BCUT2D eigenvalue weighted by atomic mass is 16.1. The third kappa shape index (κ3) is 2.50. The SMILES string of the molecule is CNC1(C)CCN(c2cccc(C(C)=O)c2)C1. The smallest absolute Gasteiger partial charge is 0.159 e. The lowest BCUT2D eigenvalue weighted by Crippen LogP contribution is -2.42. The number of carbonyl (C=O) groups is 1. The molecule has 1 aromatic carbocycles. The second-order valence-electron chi connectivity index (χ2n) is 5.09. The summed E-state index contributed by atoms with van der Waals surface area (Å²) in [4.78, 5) is 13.7. The van der Waals surface area contributed by atoms with E-state index in [9.17, 15) is 4.79 Å². The van der Waals surface area contributed by atoms with E-state index in [2.05, 4.69) is 23.2 Å². The number of hydrogen-bond donors (Lipinski definition) is 1. The monoisotopic (exact) mass is 232 g/mol. The lowest BCUT2D eigenvalue weighted by Gasteiger charge is -2.25. The maximum atomic E-state index is 11.4. The van der Waals surface area contributed by atoms with Gasteiger partial charge in [0.1, 0.15) is 0 Å². The number of likely N-dealkylation sites (N-methyl/N-ethyl adjacent to an activating group) is 1. The van der Waals surface area contributed by atoms with Gasteiger partial charge < -0.3 is 10.2 Å². The maximum Gasteiger partial charge on any atom is 0.159 e. The Labute approximate surface area is 103 Å². The third-order valence-electron chi connectivity index (χ3n) is 3.69. The van der Waals surface area contributed by atoms with Crippen LogP contribution in [0.2, 0.25) is 0 Å². The van der Waals surface area contributed by atoms with Gasteiger partial charge in [-0.3, -0.25) is 4.79 Å². The van der Waals surface area contributed by atoms with E-state index in [-0.39, 0.29) is 11.3 Å². The highest BCUT2D eigenvalue weighted by Gasteiger charge is 2.32. The molecule has 0 aliphatic carbocycles. The van der Waals surface area contributed by atoms with E-state index in [1.54, 1.807) is 6.92 Å². The number of carbonyl (C=O) groups excluding carboxylic acids is 1. The molecule has 1 N–H and O–H groups in total. The van der Waals surface area contributed by atoms with Crippen LogP contribution in [0.15, 0.2) is 24.3 Å². The van der Waals surface area contributed by atoms with Gasteiger partial charge in [0, 0.05) is 29.9 Å². The van der Waals surface area contributed by atoms with Gasteiger partial charge in [-0.15, -0.1) is 0 Å². The van der Waals surface area contributed by atoms with Gasteiger partial charge in [0.2, 0.25) is 0 Å². The number of nitrogens with zero attached hydrogens (tertiary/aromatic N) is 1. The Morgan fingerprint density at radius 1 is 1.47 bits per heavy atom. The van der Waals surface area contributed by atoms with Crippen LogP contribution < -0.4 is 10.2 Å². The Kier molecular flexibility index (Phi) is 3.20. The average Bonchev–Trinajstić information content (AvgIpc) is 2.73. The molecule has 0 saturated carbocycles. The first-order valence-corrected chi connectivity index (χ1v) is 6.09. The van der Waals surface area contributed by atoms with Crippen LogP contribution in [0.25, 0.3) is 0 Å². The molecule has 92 valence electrons. The largest absolute Gasteiger partial charge is 0.370 e. The summed E-state index contributed by atoms with van der Waals surface area (Å²) in [5.74, 6) is 0.127. The van der Waals surface area contributed by atoms with Crippen LogP contribution in [-0.2, 0) is 0 Å². The Balaban J connectivity index is 2.19. The molecule has 17 heavy (non-hydrogen) atoms. The van der Waals surface area contributed by atoms with Gasteiger partial charge in [0.15, 0.2) is 5.78 Å². The predicted octanol–water partition coefficient (Wildman–Crippen LogP) is 2.08. The highest BCUT2D eigenvalue weighted by molar-refractivity contribution is 5.95. The third-order valence-corrected chi connectivity index (χ3v) is 3.69. The minimum Gasteiger partial charge on any atom is -0.370 e. The standard InChI is InChI=1S/C14H20N2O/c1-11(17)12-5-4-6-13(9-12)16-8-7-14(2,10-16)15-3/h4-6,9,15H,7-8,10H2,1-3H3. The second-order valence-corrected chi connectivity index (χ2v) is 5.09. The number of benzene rings is 1. The van der Waals surface area contributed by atoms with Crippen molar-refractivity contribution in [3.63, 3.8) is 0 Å². The number of Topliss-reactive ketones (excluding diaryl/α,β-unsaturated/α-hetero) is 1. The molecule has 2 rings (SSSR count). The fraction of sp³-hybridized carbons (Fsp3) is 0.500. The zero-order chi connectivity index (χ0) is 12.5. The number of ketones is 1. The quantitative estimate of drug-likeness (QED) is 0.810. The summed E-state index contributed by atoms with van der Waals surface area (Å²) in [6.07, 6.45) is 1.13. The van der Waals surface area contributed by atoms with Crippen LogP contribution in [0.1, 0.15) is 30.6 Å². The van der Waals surface area contributed by atoms with Gasteiger partial charge in [-0.2, -0.15) is 0 Å². The molecule has 1 aliphatic heterocycles. The van der Waals surface area contributed by atoms with Crippen LogP contribution in [0, 0.1) is 0 Å². The molecule has 1 fully saturated rings. The highest BCUT2D eigenvalue weighted by Crippen LogP contribution is 2.26. The molecule has 0 radical (unpaired) electrons. The number of hydrogen-bond acceptors (Lipinski definition) is 3. The average molecular weight is 232 g/mol. The summed E-state index contributed by atoms with van der Waals surface area (Å²) >= 11 is 0. The van der Waals surface area contributed by atoms with Gasteiger partial charge in [-0.1, -0.05) is 12.1 Å². The maximum absolute atomic E-state index is 11.4. The fourth-order valence-corrected chi connectivity index (χ4v) is 2.31. The first-order valence-electron chi connectivity index (χ1n) is 6.09. The normalized spacial score (nSPS) is 24.1. The molecule has 0 bridgehead atoms. The molecule has 1 heterocycles. The molecular weight excluding hydrogens is 212 g/mol. The first kappa shape index (κ1) is 12.1. The van der Waals surface area contributed by atoms with E-state index >= 15 is 0 Å². The molecule has 0 aromatic heterocycles. The molecule has 1 saturated heterocycles. The molecule has 1 atom stereocenters. The van der Waals surface area contributed by atoms with Crippen LogP contribution in [-0.4, -0.2) is 31.5 Å². The van der Waals surface area contributed by atoms with E-state index in [1.165, 1.54) is 0 Å². The molecule has 1 aliphatic rings. The van der Waals surface area contributed by atoms with E-state index in [0.717, 1.165) is 30.8 Å². The molecule has 0 amide bonds. The Morgan fingerprint density at radius 3 is 2.82 bits per heavy atom. The van der Waals surface area contributed by atoms with Crippen LogP contribution in [0.5, 0.6) is 0 Å². The molecule has 3 nitrogen and oxygen atoms in total. The van der Waals surface area contributed by atoms with Crippen LogP contribution in [0.3, 0.4) is 0 Å². The van der Waals surface area contributed by atoms with Crippen molar-refractivity contribution in [1.82, 2.24) is 5.32 Å². The van der Waals surface area contributed by atoms with Crippen LogP contribution >= 0.6 is 0 Å². The molecule has 1 aromatic rings. The van der Waals surface area contributed by atoms with Gasteiger partial charge >= 0.3 is 0 Å². The van der Waals surface area contributed by atoms with Crippen molar-refractivity contribution in [2.45, 2.75) is 25.8 Å². The number of rotatable bonds is 3. The Hall–Kier alpha value is -1.35. The molecule has 1 unspecified atom stereocenters. The van der Waals surface area contributed by atoms with Crippen LogP contribution in [0.4, 0.5) is 5.69 Å². The molecule has 3 heteroatoms. The Bertz CT molecular complexity index is 430. The molecule has 0 spiro atoms. The summed E-state index contributed by atoms with van der Waals surface area (Å²) < 4.78 is 0. The number of anilines is 1. The minimum absolute atomic E-state index is 0.127. The second kappa shape index (κ2) is 4.49. The van der Waals surface area contributed by atoms with E-state index in [4.69, 9.17) is 0 Å². The van der Waals surface area contributed by atoms with Crippen molar-refractivity contribution in [2.24, 2.45) is 0 Å². The predicted molar refractivity (Wildman–Crippen MR) is 70.7 cm³/mol. The fourth-order valence-electron chi connectivity index (χ4n) is 2.31. The summed E-state index contributed by atoms with van der Waals surface area (Å²) in [7, 11) is 2.01. The van der Waals surface area contributed by atoms with Crippen molar-refractivity contribution in [3.8, 4) is 0 Å². The summed E-state index contributed by atoms with van der Waals surface area (Å²) in [5.41, 5.74) is 2.13. The number of nitrogens with one attached hydrogen (secondary N) is 1. The summed E-state index contributed by atoms with van der Waals surface area (Å²) in [6.45, 7) is 5.88. The van der Waals surface area contributed by atoms with Gasteiger partial charge in [-0.25, -0.2) is 0 Å². The topological polar surface area (TPSA) is 32.3 Å². The zero-order valence-corrected chi connectivity index (χ0v) is 10.8. The Morgan fingerprint density at radius 2 is 2.24 bits per heavy atom. The first-order chi connectivity index (χ1) is 8.04. The van der Waals surface area contributed by atoms with Crippen molar-refractivity contribution in [1.29, 1.82) is 0 Å². The van der Waals surface area contributed by atoms with Crippen molar-refractivity contribution < 1.29 is 4.79 Å². The van der Waals surface area contributed by atoms with Crippen molar-refractivity contribution in [2.75, 3.05) is 25.0 Å². The lowest BCUT2D eigenvalue weighted by molar-refractivity contribution is 0.101. The van der Waals surface area contributed by atoms with E-state index < -0.39 is 0 Å². The van der Waals surface area contributed by atoms with Crippen molar-refractivity contribution >= 4 is 11.5 Å². The van der Waals surface area contributed by atoms with Gasteiger partial charge in [0.25, 0.3) is 0 Å². The zero-order valence-electron chi connectivity index (χ0n) is 10.8.